The van der Waals surface area contributed by atoms with Gasteiger partial charge in [-0.3, -0.25) is 9.36 Å². The van der Waals surface area contributed by atoms with Crippen LogP contribution in [0.4, 0.5) is 5.82 Å². The summed E-state index contributed by atoms with van der Waals surface area (Å²) >= 11 is 0. The Kier molecular flexibility index (Phi) is 6.02. The number of hydrogen-bond donors (Lipinski definition) is 4. The minimum atomic E-state index is -2.68. The van der Waals surface area contributed by atoms with E-state index in [9.17, 15) is 24.7 Å². The molecule has 1 aromatic carbocycles. The molecule has 10 nitrogen and oxygen atoms in total. The molecule has 5 atom stereocenters. The Morgan fingerprint density at radius 1 is 1.31 bits per heavy atom. The van der Waals surface area contributed by atoms with Gasteiger partial charge in [0.05, 0.1) is 0 Å². The maximum absolute atomic E-state index is 12.7. The molecule has 5 N–H and O–H groups in total. The maximum Gasteiger partial charge on any atom is 0.351 e. The number of aliphatic hydroxyl groups excluding tert-OH is 2. The van der Waals surface area contributed by atoms with Gasteiger partial charge in [-0.25, -0.2) is 4.79 Å². The van der Waals surface area contributed by atoms with Gasteiger partial charge in [0.25, 0.3) is 5.52 Å². The Morgan fingerprint density at radius 2 is 1.97 bits per heavy atom. The maximum atomic E-state index is 12.7. The number of para-hydroxylation sites is 1. The zero-order chi connectivity index (χ0) is 21.3. The van der Waals surface area contributed by atoms with Crippen molar-refractivity contribution in [3.05, 3.63) is 53.1 Å². The zero-order valence-electron chi connectivity index (χ0n) is 15.7. The van der Waals surface area contributed by atoms with Crippen molar-refractivity contribution < 1.29 is 29.2 Å². The van der Waals surface area contributed by atoms with Crippen molar-refractivity contribution in [3.8, 4) is 5.75 Å². The third-order valence-corrected chi connectivity index (χ3v) is 5.78. The minimum Gasteiger partial charge on any atom is -0.442 e. The molecule has 1 aromatic heterocycles. The van der Waals surface area contributed by atoms with Crippen LogP contribution >= 0.6 is 8.38 Å². The predicted octanol–water partition coefficient (Wildman–Crippen LogP) is 0.165. The number of nitrogens with two attached hydrogens (primary N) is 1. The summed E-state index contributed by atoms with van der Waals surface area (Å²) in [6, 6.07) is 9.51. The lowest BCUT2D eigenvalue weighted by Crippen LogP contribution is -2.54. The molecule has 1 aliphatic heterocycles. The first-order chi connectivity index (χ1) is 13.7. The predicted molar refractivity (Wildman–Crippen MR) is 104 cm³/mol. The Bertz CT molecular complexity index is 939. The molecule has 0 saturated carbocycles. The summed E-state index contributed by atoms with van der Waals surface area (Å²) in [5, 5.41) is 21.3. The summed E-state index contributed by atoms with van der Waals surface area (Å²) in [7, 11) is -2.68. The summed E-state index contributed by atoms with van der Waals surface area (Å²) in [5.74, 6) is -0.328. The average molecular weight is 423 g/mol. The molecule has 0 spiro atoms. The van der Waals surface area contributed by atoms with Gasteiger partial charge < -0.3 is 30.1 Å². The van der Waals surface area contributed by atoms with Gasteiger partial charge in [-0.2, -0.15) is 4.98 Å². The van der Waals surface area contributed by atoms with Crippen molar-refractivity contribution in [1.29, 1.82) is 0 Å². The fraction of sp³-hybridized carbons (Fsp3) is 0.389. The van der Waals surface area contributed by atoms with Crippen LogP contribution in [-0.4, -0.2) is 48.5 Å². The minimum absolute atomic E-state index is 0.0269. The summed E-state index contributed by atoms with van der Waals surface area (Å²) in [6.45, 7) is 3.29. The molecule has 0 radical (unpaired) electrons. The molecular weight excluding hydrogens is 401 g/mol. The summed E-state index contributed by atoms with van der Waals surface area (Å²) in [4.78, 5) is 39.0. The Labute approximate surface area is 167 Å². The highest BCUT2D eigenvalue weighted by molar-refractivity contribution is 7.65. The normalized spacial score (nSPS) is 27.7. The molecule has 0 amide bonds. The van der Waals surface area contributed by atoms with Crippen LogP contribution in [0.3, 0.4) is 0 Å². The standard InChI is InChI=1S/C18H22N3O7P/c1-10(2)18(21-9-8-12(19)20-17(21)25)15(23)13(22)14(27-18)16(24)29(26)28-11-6-4-3-5-7-11/h3-10,13-15,22-23,26H,1-2H3,(H2,19,20,25)/t13-,14+,15-,18-,29?/m1/s1. The van der Waals surface area contributed by atoms with Crippen molar-refractivity contribution in [1.82, 2.24) is 9.55 Å². The lowest BCUT2D eigenvalue weighted by molar-refractivity contribution is -0.175. The van der Waals surface area contributed by atoms with E-state index in [0.29, 0.717) is 0 Å². The number of ether oxygens (including phenoxy) is 1. The Balaban J connectivity index is 1.93. The van der Waals surface area contributed by atoms with E-state index >= 15 is 0 Å². The molecular formula is C18H22N3O7P. The second kappa shape index (κ2) is 8.17. The van der Waals surface area contributed by atoms with Gasteiger partial charge in [0.15, 0.2) is 11.8 Å². The molecule has 0 aliphatic carbocycles. The van der Waals surface area contributed by atoms with Crippen LogP contribution in [0.2, 0.25) is 0 Å². The van der Waals surface area contributed by atoms with Crippen LogP contribution in [-0.2, 0) is 15.3 Å². The van der Waals surface area contributed by atoms with E-state index in [4.69, 9.17) is 15.0 Å². The van der Waals surface area contributed by atoms with E-state index in [0.717, 1.165) is 4.57 Å². The van der Waals surface area contributed by atoms with E-state index < -0.39 is 49.5 Å². The van der Waals surface area contributed by atoms with Gasteiger partial charge in [-0.1, -0.05) is 32.0 Å². The molecule has 1 aliphatic rings. The second-order valence-electron chi connectivity index (χ2n) is 6.90. The first kappa shape index (κ1) is 21.4. The lowest BCUT2D eigenvalue weighted by Gasteiger charge is -2.37. The summed E-state index contributed by atoms with van der Waals surface area (Å²) < 4.78 is 12.0. The molecule has 156 valence electrons. The molecule has 3 rings (SSSR count). The number of nitrogen functional groups attached to an aromatic ring is 1. The van der Waals surface area contributed by atoms with Gasteiger partial charge in [-0.05, 0) is 18.2 Å². The highest BCUT2D eigenvalue weighted by Gasteiger charge is 2.60. The summed E-state index contributed by atoms with van der Waals surface area (Å²) in [6.07, 6.45) is -3.70. The van der Waals surface area contributed by atoms with E-state index in [1.807, 2.05) is 0 Å². The van der Waals surface area contributed by atoms with E-state index in [1.54, 1.807) is 44.2 Å². The van der Waals surface area contributed by atoms with Crippen molar-refractivity contribution in [2.24, 2.45) is 5.92 Å². The van der Waals surface area contributed by atoms with Gasteiger partial charge in [0.2, 0.25) is 0 Å². The van der Waals surface area contributed by atoms with Crippen LogP contribution in [0, 0.1) is 5.92 Å². The molecule has 11 heteroatoms. The number of benzene rings is 1. The van der Waals surface area contributed by atoms with Crippen LogP contribution in [0.1, 0.15) is 13.8 Å². The first-order valence-electron chi connectivity index (χ1n) is 8.84. The quantitative estimate of drug-likeness (QED) is 0.475. The van der Waals surface area contributed by atoms with Gasteiger partial charge in [0.1, 0.15) is 23.8 Å². The number of anilines is 1. The van der Waals surface area contributed by atoms with Gasteiger partial charge >= 0.3 is 14.1 Å². The van der Waals surface area contributed by atoms with E-state index in [2.05, 4.69) is 4.98 Å². The van der Waals surface area contributed by atoms with Crippen molar-refractivity contribution in [2.75, 3.05) is 5.73 Å². The Hall–Kier alpha value is -2.36. The number of aliphatic hydroxyl groups is 2. The molecule has 2 heterocycles. The highest BCUT2D eigenvalue weighted by atomic mass is 31.2. The van der Waals surface area contributed by atoms with E-state index in [1.165, 1.54) is 12.3 Å². The average Bonchev–Trinajstić information content (AvgIpc) is 2.94. The molecule has 1 fully saturated rings. The molecule has 1 unspecified atom stereocenters. The number of carbonyl (C=O) groups excluding carboxylic acids is 1. The van der Waals surface area contributed by atoms with Crippen molar-refractivity contribution in [2.45, 2.75) is 37.9 Å². The summed E-state index contributed by atoms with van der Waals surface area (Å²) in [5.41, 5.74) is 1.98. The largest absolute Gasteiger partial charge is 0.442 e. The molecule has 0 bridgehead atoms. The number of rotatable bonds is 6. The van der Waals surface area contributed by atoms with Crippen LogP contribution in [0.15, 0.2) is 47.4 Å². The monoisotopic (exact) mass is 423 g/mol. The lowest BCUT2D eigenvalue weighted by atomic mass is 9.91. The fourth-order valence-corrected chi connectivity index (χ4v) is 4.16. The first-order valence-corrected chi connectivity index (χ1v) is 10.0. The van der Waals surface area contributed by atoms with Crippen LogP contribution in [0.25, 0.3) is 0 Å². The number of carbonyl (C=O) groups is 1. The van der Waals surface area contributed by atoms with Crippen LogP contribution < -0.4 is 15.9 Å². The zero-order valence-corrected chi connectivity index (χ0v) is 16.6. The van der Waals surface area contributed by atoms with Crippen molar-refractivity contribution >= 4 is 19.7 Å². The smallest absolute Gasteiger partial charge is 0.351 e. The van der Waals surface area contributed by atoms with Crippen molar-refractivity contribution in [3.63, 3.8) is 0 Å². The Morgan fingerprint density at radius 3 is 2.55 bits per heavy atom. The van der Waals surface area contributed by atoms with Gasteiger partial charge in [0, 0.05) is 12.1 Å². The fourth-order valence-electron chi connectivity index (χ4n) is 3.32. The second-order valence-corrected chi connectivity index (χ2v) is 8.07. The number of aromatic nitrogens is 2. The molecule has 2 aromatic rings. The van der Waals surface area contributed by atoms with Crippen LogP contribution in [0.5, 0.6) is 5.75 Å². The number of nitrogens with zero attached hydrogens (tertiary/aromatic N) is 2. The third kappa shape index (κ3) is 3.77. The topological polar surface area (TPSA) is 157 Å². The highest BCUT2D eigenvalue weighted by Crippen LogP contribution is 2.45. The molecule has 29 heavy (non-hydrogen) atoms. The van der Waals surface area contributed by atoms with E-state index in [-0.39, 0.29) is 11.6 Å². The third-order valence-electron chi connectivity index (χ3n) is 4.77. The number of hydrogen-bond acceptors (Lipinski definition) is 9. The molecule has 1 saturated heterocycles. The van der Waals surface area contributed by atoms with Gasteiger partial charge in [-0.15, -0.1) is 0 Å². The SMILES string of the molecule is CC(C)[C@@]1(n2ccc(N)nc2=O)O[C@H](C(=O)P(O)Oc2ccccc2)[C@@H](O)[C@H]1O.